The van der Waals surface area contributed by atoms with Gasteiger partial charge in [-0.05, 0) is 6.92 Å². The fourth-order valence-electron chi connectivity index (χ4n) is 0.420. The first-order chi connectivity index (χ1) is 5.57. The summed E-state index contributed by atoms with van der Waals surface area (Å²) in [5.41, 5.74) is 0. The van der Waals surface area contributed by atoms with Crippen LogP contribution in [0.25, 0.3) is 0 Å². The van der Waals surface area contributed by atoms with Crippen LogP contribution in [-0.2, 0) is 4.79 Å². The summed E-state index contributed by atoms with van der Waals surface area (Å²) in [4.78, 5) is 21.6. The Morgan fingerprint density at radius 1 is 1.67 bits per heavy atom. The molecule has 1 unspecified atom stereocenters. The van der Waals surface area contributed by atoms with Crippen LogP contribution in [0.2, 0.25) is 0 Å². The average molecular weight is 191 g/mol. The number of urea groups is 1. The molecule has 0 radical (unpaired) electrons. The van der Waals surface area contributed by atoms with E-state index in [1.807, 2.05) is 5.32 Å². The van der Waals surface area contributed by atoms with Gasteiger partial charge in [0.2, 0.25) is 5.91 Å². The standard InChI is InChI=1S/C7H11ClN2O2/c1-3-4-9-7(12)10-6(11)5(2)8/h3,5H,1,4H2,2H3,(H2,9,10,11,12). The number of imide groups is 1. The van der Waals surface area contributed by atoms with Crippen LogP contribution < -0.4 is 10.6 Å². The van der Waals surface area contributed by atoms with E-state index in [0.717, 1.165) is 0 Å². The van der Waals surface area contributed by atoms with E-state index in [1.54, 1.807) is 0 Å². The van der Waals surface area contributed by atoms with Crippen LogP contribution >= 0.6 is 11.6 Å². The monoisotopic (exact) mass is 190 g/mol. The van der Waals surface area contributed by atoms with Crippen LogP contribution in [0, 0.1) is 0 Å². The summed E-state index contributed by atoms with van der Waals surface area (Å²) < 4.78 is 0. The lowest BCUT2D eigenvalue weighted by Crippen LogP contribution is -2.42. The molecule has 4 nitrogen and oxygen atoms in total. The summed E-state index contributed by atoms with van der Waals surface area (Å²) in [5, 5.41) is 3.71. The number of hydrogen-bond donors (Lipinski definition) is 2. The van der Waals surface area contributed by atoms with Gasteiger partial charge in [-0.15, -0.1) is 18.2 Å². The first-order valence-electron chi connectivity index (χ1n) is 3.41. The minimum atomic E-state index is -0.709. The predicted molar refractivity (Wildman–Crippen MR) is 47.1 cm³/mol. The second kappa shape index (κ2) is 5.60. The maximum absolute atomic E-state index is 10.8. The van der Waals surface area contributed by atoms with E-state index >= 15 is 0 Å². The van der Waals surface area contributed by atoms with E-state index in [4.69, 9.17) is 11.6 Å². The van der Waals surface area contributed by atoms with Crippen molar-refractivity contribution in [1.29, 1.82) is 0 Å². The minimum Gasteiger partial charge on any atom is -0.334 e. The van der Waals surface area contributed by atoms with Crippen molar-refractivity contribution in [3.05, 3.63) is 12.7 Å². The van der Waals surface area contributed by atoms with Crippen molar-refractivity contribution < 1.29 is 9.59 Å². The fraction of sp³-hybridized carbons (Fsp3) is 0.429. The summed E-state index contributed by atoms with van der Waals surface area (Å²) >= 11 is 5.39. The van der Waals surface area contributed by atoms with Crippen molar-refractivity contribution in [2.45, 2.75) is 12.3 Å². The zero-order chi connectivity index (χ0) is 9.56. The second-order valence-corrected chi connectivity index (χ2v) is 2.76. The molecular weight excluding hydrogens is 180 g/mol. The number of amides is 3. The molecule has 3 amide bonds. The molecule has 2 N–H and O–H groups in total. The molecule has 0 saturated carbocycles. The van der Waals surface area contributed by atoms with Crippen molar-refractivity contribution in [2.24, 2.45) is 0 Å². The van der Waals surface area contributed by atoms with Gasteiger partial charge in [-0.25, -0.2) is 4.79 Å². The van der Waals surface area contributed by atoms with E-state index in [1.165, 1.54) is 13.0 Å². The molecule has 5 heteroatoms. The van der Waals surface area contributed by atoms with Crippen molar-refractivity contribution in [1.82, 2.24) is 10.6 Å². The zero-order valence-corrected chi connectivity index (χ0v) is 7.52. The molecule has 68 valence electrons. The van der Waals surface area contributed by atoms with Gasteiger partial charge >= 0.3 is 6.03 Å². The molecule has 0 aromatic heterocycles. The van der Waals surface area contributed by atoms with Gasteiger partial charge in [0.25, 0.3) is 0 Å². The lowest BCUT2D eigenvalue weighted by molar-refractivity contribution is -0.119. The summed E-state index contributed by atoms with van der Waals surface area (Å²) in [7, 11) is 0. The Balaban J connectivity index is 3.69. The second-order valence-electron chi connectivity index (χ2n) is 2.10. The molecule has 0 aliphatic rings. The normalized spacial score (nSPS) is 11.5. The molecule has 0 saturated heterocycles. The van der Waals surface area contributed by atoms with Gasteiger partial charge in [-0.3, -0.25) is 10.1 Å². The zero-order valence-electron chi connectivity index (χ0n) is 6.76. The quantitative estimate of drug-likeness (QED) is 0.507. The molecular formula is C7H11ClN2O2. The van der Waals surface area contributed by atoms with Crippen LogP contribution in [0.1, 0.15) is 6.92 Å². The molecule has 1 atom stereocenters. The van der Waals surface area contributed by atoms with Crippen LogP contribution in [0.3, 0.4) is 0 Å². The molecule has 0 fully saturated rings. The van der Waals surface area contributed by atoms with E-state index in [0.29, 0.717) is 6.54 Å². The Kier molecular flexibility index (Phi) is 5.12. The van der Waals surface area contributed by atoms with Crippen molar-refractivity contribution in [2.75, 3.05) is 6.54 Å². The lowest BCUT2D eigenvalue weighted by atomic mass is 10.4. The Bertz CT molecular complexity index is 192. The van der Waals surface area contributed by atoms with Crippen molar-refractivity contribution >= 4 is 23.5 Å². The molecule has 0 aliphatic carbocycles. The third-order valence-corrected chi connectivity index (χ3v) is 1.20. The number of nitrogens with one attached hydrogen (secondary N) is 2. The molecule has 0 spiro atoms. The molecule has 0 heterocycles. The third-order valence-electron chi connectivity index (χ3n) is 1.00. The van der Waals surface area contributed by atoms with E-state index in [9.17, 15) is 9.59 Å². The molecule has 0 aliphatic heterocycles. The largest absolute Gasteiger partial charge is 0.334 e. The molecule has 0 bridgehead atoms. The maximum atomic E-state index is 10.8. The summed E-state index contributed by atoms with van der Waals surface area (Å²) in [6, 6.07) is -0.563. The number of alkyl halides is 1. The van der Waals surface area contributed by atoms with E-state index in [-0.39, 0.29) is 0 Å². The molecule has 0 rings (SSSR count). The highest BCUT2D eigenvalue weighted by molar-refractivity contribution is 6.31. The number of halogens is 1. The highest BCUT2D eigenvalue weighted by atomic mass is 35.5. The number of carbonyl (C=O) groups excluding carboxylic acids is 2. The number of hydrogen-bond acceptors (Lipinski definition) is 2. The SMILES string of the molecule is C=CCNC(=O)NC(=O)C(C)Cl. The van der Waals surface area contributed by atoms with Crippen LogP contribution in [0.4, 0.5) is 4.79 Å². The summed E-state index contributed by atoms with van der Waals surface area (Å²) in [5.74, 6) is -0.516. The summed E-state index contributed by atoms with van der Waals surface area (Å²) in [6.45, 7) is 5.19. The fourth-order valence-corrected chi connectivity index (χ4v) is 0.475. The topological polar surface area (TPSA) is 58.2 Å². The third kappa shape index (κ3) is 4.73. The Hall–Kier alpha value is -1.03. The van der Waals surface area contributed by atoms with Crippen LogP contribution in [0.5, 0.6) is 0 Å². The highest BCUT2D eigenvalue weighted by Gasteiger charge is 2.11. The molecule has 12 heavy (non-hydrogen) atoms. The Labute approximate surface area is 76.0 Å². The van der Waals surface area contributed by atoms with Crippen LogP contribution in [-0.4, -0.2) is 23.9 Å². The van der Waals surface area contributed by atoms with E-state index < -0.39 is 17.3 Å². The number of rotatable bonds is 3. The average Bonchev–Trinajstić information content (AvgIpc) is 2.00. The highest BCUT2D eigenvalue weighted by Crippen LogP contribution is 1.91. The number of carbonyl (C=O) groups is 2. The Morgan fingerprint density at radius 3 is 2.67 bits per heavy atom. The van der Waals surface area contributed by atoms with Gasteiger partial charge in [-0.2, -0.15) is 0 Å². The van der Waals surface area contributed by atoms with Crippen molar-refractivity contribution in [3.63, 3.8) is 0 Å². The van der Waals surface area contributed by atoms with Gasteiger partial charge in [0, 0.05) is 6.54 Å². The smallest absolute Gasteiger partial charge is 0.321 e. The van der Waals surface area contributed by atoms with E-state index in [2.05, 4.69) is 11.9 Å². The maximum Gasteiger partial charge on any atom is 0.321 e. The van der Waals surface area contributed by atoms with Crippen molar-refractivity contribution in [3.8, 4) is 0 Å². The van der Waals surface area contributed by atoms with Crippen LogP contribution in [0.15, 0.2) is 12.7 Å². The van der Waals surface area contributed by atoms with Gasteiger partial charge < -0.3 is 5.32 Å². The molecule has 0 aromatic rings. The predicted octanol–water partition coefficient (Wildman–Crippen LogP) is 0.625. The van der Waals surface area contributed by atoms with Gasteiger partial charge in [0.15, 0.2) is 0 Å². The molecule has 0 aromatic carbocycles. The van der Waals surface area contributed by atoms with Gasteiger partial charge in [0.05, 0.1) is 0 Å². The van der Waals surface area contributed by atoms with Gasteiger partial charge in [0.1, 0.15) is 5.38 Å². The Morgan fingerprint density at radius 2 is 2.25 bits per heavy atom. The van der Waals surface area contributed by atoms with Gasteiger partial charge in [-0.1, -0.05) is 6.08 Å². The minimum absolute atomic E-state index is 0.315. The first kappa shape index (κ1) is 11.0. The lowest BCUT2D eigenvalue weighted by Gasteiger charge is -2.04. The first-order valence-corrected chi connectivity index (χ1v) is 3.85. The summed E-state index contributed by atoms with van der Waals surface area (Å²) in [6.07, 6.45) is 1.51.